The van der Waals surface area contributed by atoms with E-state index in [-0.39, 0.29) is 154 Å². The molecule has 22 heavy (non-hydrogen) atoms. The molecule has 0 aliphatic rings. The zero-order valence-corrected chi connectivity index (χ0v) is 19.0. The summed E-state index contributed by atoms with van der Waals surface area (Å²) in [6.45, 7) is 0. The Morgan fingerprint density at radius 3 is 0.636 bits per heavy atom. The maximum absolute atomic E-state index is 9.36. The first-order valence-electron chi connectivity index (χ1n) is 1.21. The molecule has 0 aliphatic heterocycles. The fourth-order valence-electron chi connectivity index (χ4n) is 0. The molecule has 0 aliphatic carbocycles. The van der Waals surface area contributed by atoms with Crippen LogP contribution in [0.2, 0.25) is 0 Å². The molecule has 0 unspecified atom stereocenters. The molecule has 0 atom stereocenters. The van der Waals surface area contributed by atoms with Gasteiger partial charge < -0.3 is 85.4 Å². The Balaban J connectivity index is -0.00000000171. The number of hydrogen-bond acceptors (Lipinski definition) is 3. The molecule has 0 saturated heterocycles. The number of carboxylic acid groups (broad SMARTS) is 1. The Hall–Kier alpha value is 2.14. The van der Waals surface area contributed by atoms with E-state index < -0.39 is 13.3 Å². The molecule has 17 nitrogen and oxygen atoms in total. The van der Waals surface area contributed by atoms with Gasteiger partial charge in [-0.2, -0.15) is 0 Å². The molecular weight excluding hydrogens is 384 g/mol. The van der Waals surface area contributed by atoms with E-state index in [4.69, 9.17) is 19.7 Å². The van der Waals surface area contributed by atoms with Crippen LogP contribution in [0.15, 0.2) is 0 Å². The van der Waals surface area contributed by atoms with Gasteiger partial charge in [-0.1, -0.05) is 0 Å². The van der Waals surface area contributed by atoms with Crippen molar-refractivity contribution in [2.24, 2.45) is 0 Å². The molecule has 21 heteroatoms. The standard InChI is InChI=1S/CH3O5P.3Na.12H2O/c2-1(3)7(4,5)6;;;;;;;;;;;;;;;/h(H,2,3)(H2,4,5,6);;;;12*1H2/q;3*+1;;;;;;;;;;;;/p-1. The topological polar surface area (TPSA) is 476 Å². The van der Waals surface area contributed by atoms with Gasteiger partial charge in [0.25, 0.3) is 0 Å². The number of hydrogen-bond donors (Lipinski definition) is 2. The van der Waals surface area contributed by atoms with E-state index in [1.165, 1.54) is 0 Å². The van der Waals surface area contributed by atoms with Crippen molar-refractivity contribution in [2.75, 3.05) is 0 Å². The minimum absolute atomic E-state index is 0. The normalized spacial score (nSPS) is 3.55. The van der Waals surface area contributed by atoms with Crippen LogP contribution in [0.3, 0.4) is 0 Å². The molecule has 0 aromatic carbocycles. The molecular formula is CH26Na3O17P+2. The average molecular weight is 410 g/mol. The molecule has 26 N–H and O–H groups in total. The van der Waals surface area contributed by atoms with Crippen LogP contribution in [-0.4, -0.2) is 81.2 Å². The van der Waals surface area contributed by atoms with Crippen molar-refractivity contribution in [3.8, 4) is 0 Å². The molecule has 0 bridgehead atoms. The molecule has 0 spiro atoms. The fraction of sp³-hybridized carbons (Fsp3) is 0. The predicted octanol–water partition coefficient (Wildman–Crippen LogP) is -20.4. The van der Waals surface area contributed by atoms with Crippen molar-refractivity contribution in [1.29, 1.82) is 0 Å². The van der Waals surface area contributed by atoms with E-state index in [9.17, 15) is 4.57 Å². The van der Waals surface area contributed by atoms with Crippen LogP contribution in [0.4, 0.5) is 4.79 Å². The van der Waals surface area contributed by atoms with Crippen LogP contribution in [-0.2, 0) is 4.57 Å². The molecule has 0 heterocycles. The Morgan fingerprint density at radius 1 is 0.591 bits per heavy atom. The van der Waals surface area contributed by atoms with Crippen molar-refractivity contribution in [3.05, 3.63) is 0 Å². The second-order valence-electron chi connectivity index (χ2n) is 0.810. The maximum Gasteiger partial charge on any atom is 1.00 e. The van der Waals surface area contributed by atoms with Crippen LogP contribution in [0.25, 0.3) is 0 Å². The summed E-state index contributed by atoms with van der Waals surface area (Å²) in [7, 11) is -4.93. The van der Waals surface area contributed by atoms with Gasteiger partial charge in [0.05, 0.1) is 0 Å². The third kappa shape index (κ3) is 149. The van der Waals surface area contributed by atoms with Crippen molar-refractivity contribution < 1.29 is 179 Å². The SMILES string of the molecule is O.O.O.O.O.O.O.O.O.O.O.O.O=C([O-])P(=O)(O)O.[Na+].[Na+].[Na+]. The molecule has 0 aromatic heterocycles. The van der Waals surface area contributed by atoms with Gasteiger partial charge in [0.15, 0.2) is 5.71 Å². The van der Waals surface area contributed by atoms with Gasteiger partial charge in [0.1, 0.15) is 0 Å². The molecule has 0 saturated carbocycles. The number of carbonyl (C=O) groups is 1. The van der Waals surface area contributed by atoms with Crippen LogP contribution in [0.1, 0.15) is 0 Å². The summed E-state index contributed by atoms with van der Waals surface area (Å²) in [5, 5.41) is 9.15. The summed E-state index contributed by atoms with van der Waals surface area (Å²) in [6, 6.07) is 0. The van der Waals surface area contributed by atoms with Crippen LogP contribution in [0, 0.1) is 0 Å². The monoisotopic (exact) mass is 410 g/mol. The zero-order chi connectivity index (χ0) is 6.08. The van der Waals surface area contributed by atoms with Gasteiger partial charge in [0, 0.05) is 0 Å². The van der Waals surface area contributed by atoms with E-state index in [1.807, 2.05) is 0 Å². The van der Waals surface area contributed by atoms with Gasteiger partial charge in [-0.05, 0) is 0 Å². The van der Waals surface area contributed by atoms with Gasteiger partial charge in [-0.25, -0.2) is 0 Å². The largest absolute Gasteiger partial charge is 1.00 e. The predicted molar refractivity (Wildman–Crippen MR) is 60.8 cm³/mol. The Labute approximate surface area is 190 Å². The van der Waals surface area contributed by atoms with E-state index in [2.05, 4.69) is 0 Å². The van der Waals surface area contributed by atoms with Crippen molar-refractivity contribution in [3.63, 3.8) is 0 Å². The van der Waals surface area contributed by atoms with Crippen LogP contribution >= 0.6 is 7.60 Å². The van der Waals surface area contributed by atoms with Crippen molar-refractivity contribution in [2.45, 2.75) is 0 Å². The summed E-state index contributed by atoms with van der Waals surface area (Å²) in [5.41, 5.74) is -2.34. The Kier molecular flexibility index (Phi) is 810. The number of rotatable bonds is 1. The first-order valence-corrected chi connectivity index (χ1v) is 2.83. The molecule has 0 rings (SSSR count). The first kappa shape index (κ1) is 195. The second kappa shape index (κ2) is 91.4. The summed E-state index contributed by atoms with van der Waals surface area (Å²) < 4.78 is 9.36. The summed E-state index contributed by atoms with van der Waals surface area (Å²) in [5.74, 6) is 0. The van der Waals surface area contributed by atoms with Gasteiger partial charge in [-0.15, -0.1) is 0 Å². The maximum atomic E-state index is 9.36. The van der Waals surface area contributed by atoms with E-state index in [0.717, 1.165) is 0 Å². The summed E-state index contributed by atoms with van der Waals surface area (Å²) in [6.07, 6.45) is 0. The van der Waals surface area contributed by atoms with Crippen molar-refractivity contribution in [1.82, 2.24) is 0 Å². The van der Waals surface area contributed by atoms with E-state index in [1.54, 1.807) is 0 Å². The van der Waals surface area contributed by atoms with E-state index >= 15 is 0 Å². The van der Waals surface area contributed by atoms with Crippen molar-refractivity contribution >= 4 is 13.3 Å². The molecule has 0 radical (unpaired) electrons. The molecule has 0 fully saturated rings. The van der Waals surface area contributed by atoms with Crippen LogP contribution < -0.4 is 93.8 Å². The third-order valence-corrected chi connectivity index (χ3v) is 0.714. The minimum Gasteiger partial charge on any atom is -0.538 e. The Morgan fingerprint density at radius 2 is 0.636 bits per heavy atom. The smallest absolute Gasteiger partial charge is 0.538 e. The molecule has 0 amide bonds. The average Bonchev–Trinajstić information content (AvgIpc) is 1.31. The summed E-state index contributed by atoms with van der Waals surface area (Å²) >= 11 is 0. The zero-order valence-electron chi connectivity index (χ0n) is 12.1. The van der Waals surface area contributed by atoms with Gasteiger partial charge >= 0.3 is 96.3 Å². The molecule has 0 aromatic rings. The number of carbonyl (C=O) groups excluding carboxylic acids is 1. The molecule has 138 valence electrons. The van der Waals surface area contributed by atoms with Gasteiger partial charge in [0.2, 0.25) is 0 Å². The minimum atomic E-state index is -4.93. The Bertz CT molecular complexity index is 136. The fourth-order valence-corrected chi connectivity index (χ4v) is 0. The van der Waals surface area contributed by atoms with Gasteiger partial charge in [-0.3, -0.25) is 4.57 Å². The van der Waals surface area contributed by atoms with E-state index in [0.29, 0.717) is 0 Å². The third-order valence-electron chi connectivity index (χ3n) is 0.238. The second-order valence-corrected chi connectivity index (χ2v) is 2.26. The van der Waals surface area contributed by atoms with Crippen LogP contribution in [0.5, 0.6) is 0 Å². The first-order chi connectivity index (χ1) is 2.94. The summed E-state index contributed by atoms with van der Waals surface area (Å²) in [4.78, 5) is 24.2. The quantitative estimate of drug-likeness (QED) is 0.313.